The van der Waals surface area contributed by atoms with Crippen LogP contribution in [0.3, 0.4) is 0 Å². The molecule has 0 unspecified atom stereocenters. The number of nitrogen functional groups attached to an aromatic ring is 1. The van der Waals surface area contributed by atoms with Crippen molar-refractivity contribution in [2.75, 3.05) is 29.6 Å². The third-order valence-electron chi connectivity index (χ3n) is 1.43. The maximum Gasteiger partial charge on any atom is 0.222 e. The molecule has 0 spiro atoms. The monoisotopic (exact) mass is 216 g/mol. The first-order valence-corrected chi connectivity index (χ1v) is 6.02. The molecule has 0 aromatic carbocycles. The summed E-state index contributed by atoms with van der Waals surface area (Å²) in [4.78, 5) is 7.71. The van der Waals surface area contributed by atoms with Gasteiger partial charge in [0.1, 0.15) is 9.84 Å². The molecule has 0 aliphatic rings. The largest absolute Gasteiger partial charge is 0.396 e. The van der Waals surface area contributed by atoms with Crippen LogP contribution in [0, 0.1) is 0 Å². The molecule has 0 bridgehead atoms. The van der Waals surface area contributed by atoms with E-state index in [2.05, 4.69) is 15.3 Å². The van der Waals surface area contributed by atoms with Crippen LogP contribution in [0.5, 0.6) is 0 Å². The van der Waals surface area contributed by atoms with Crippen LogP contribution < -0.4 is 11.1 Å². The van der Waals surface area contributed by atoms with E-state index < -0.39 is 9.84 Å². The number of sulfone groups is 1. The molecular weight excluding hydrogens is 204 g/mol. The van der Waals surface area contributed by atoms with E-state index in [4.69, 9.17) is 5.73 Å². The van der Waals surface area contributed by atoms with Crippen molar-refractivity contribution >= 4 is 21.5 Å². The van der Waals surface area contributed by atoms with Gasteiger partial charge in [-0.25, -0.2) is 18.4 Å². The Morgan fingerprint density at radius 2 is 2.00 bits per heavy atom. The number of anilines is 2. The van der Waals surface area contributed by atoms with E-state index in [0.29, 0.717) is 18.2 Å². The van der Waals surface area contributed by atoms with E-state index >= 15 is 0 Å². The number of nitrogens with two attached hydrogens (primary N) is 1. The molecule has 14 heavy (non-hydrogen) atoms. The zero-order valence-corrected chi connectivity index (χ0v) is 8.58. The van der Waals surface area contributed by atoms with Gasteiger partial charge in [-0.1, -0.05) is 0 Å². The highest BCUT2D eigenvalue weighted by Crippen LogP contribution is 1.99. The first kappa shape index (κ1) is 10.7. The van der Waals surface area contributed by atoms with E-state index in [1.165, 1.54) is 18.6 Å². The highest BCUT2D eigenvalue weighted by molar-refractivity contribution is 7.90. The van der Waals surface area contributed by atoms with Gasteiger partial charge in [-0.05, 0) is 0 Å². The van der Waals surface area contributed by atoms with E-state index in [1.807, 2.05) is 0 Å². The van der Waals surface area contributed by atoms with Crippen LogP contribution in [0.1, 0.15) is 0 Å². The third-order valence-corrected chi connectivity index (χ3v) is 2.37. The smallest absolute Gasteiger partial charge is 0.222 e. The quantitative estimate of drug-likeness (QED) is 0.705. The lowest BCUT2D eigenvalue weighted by Gasteiger charge is -2.02. The SMILES string of the molecule is CS(=O)(=O)CCNc1ncc(N)cn1. The van der Waals surface area contributed by atoms with Crippen LogP contribution in [0.25, 0.3) is 0 Å². The van der Waals surface area contributed by atoms with Gasteiger partial charge in [-0.15, -0.1) is 0 Å². The Labute approximate surface area is 82.5 Å². The Balaban J connectivity index is 2.43. The summed E-state index contributed by atoms with van der Waals surface area (Å²) in [7, 11) is -2.95. The fourth-order valence-electron chi connectivity index (χ4n) is 0.778. The van der Waals surface area contributed by atoms with Crippen LogP contribution >= 0.6 is 0 Å². The number of hydrogen-bond acceptors (Lipinski definition) is 6. The Hall–Kier alpha value is -1.37. The maximum atomic E-state index is 10.8. The Morgan fingerprint density at radius 1 is 1.43 bits per heavy atom. The second-order valence-electron chi connectivity index (χ2n) is 2.90. The second kappa shape index (κ2) is 4.23. The summed E-state index contributed by atoms with van der Waals surface area (Å²) in [6.45, 7) is 0.294. The topological polar surface area (TPSA) is 98.0 Å². The summed E-state index contributed by atoms with van der Waals surface area (Å²) in [6, 6.07) is 0. The average molecular weight is 216 g/mol. The highest BCUT2D eigenvalue weighted by atomic mass is 32.2. The lowest BCUT2D eigenvalue weighted by molar-refractivity contribution is 0.602. The van der Waals surface area contributed by atoms with Gasteiger partial charge >= 0.3 is 0 Å². The maximum absolute atomic E-state index is 10.8. The number of hydrogen-bond donors (Lipinski definition) is 2. The fourth-order valence-corrected chi connectivity index (χ4v) is 1.25. The van der Waals surface area contributed by atoms with Crippen molar-refractivity contribution in [2.24, 2.45) is 0 Å². The van der Waals surface area contributed by atoms with Gasteiger partial charge in [0.2, 0.25) is 5.95 Å². The molecule has 0 aliphatic heterocycles. The molecule has 0 amide bonds. The van der Waals surface area contributed by atoms with Crippen LogP contribution in [0.2, 0.25) is 0 Å². The molecule has 0 radical (unpaired) electrons. The number of nitrogens with zero attached hydrogens (tertiary/aromatic N) is 2. The van der Waals surface area contributed by atoms with Crippen LogP contribution in [0.15, 0.2) is 12.4 Å². The van der Waals surface area contributed by atoms with Crippen LogP contribution in [-0.4, -0.2) is 36.9 Å². The van der Waals surface area contributed by atoms with Gasteiger partial charge in [-0.3, -0.25) is 0 Å². The minimum atomic E-state index is -2.95. The molecule has 6 nitrogen and oxygen atoms in total. The number of rotatable bonds is 4. The minimum absolute atomic E-state index is 0.0563. The summed E-state index contributed by atoms with van der Waals surface area (Å²) >= 11 is 0. The second-order valence-corrected chi connectivity index (χ2v) is 5.16. The van der Waals surface area contributed by atoms with Gasteiger partial charge < -0.3 is 11.1 Å². The lowest BCUT2D eigenvalue weighted by Crippen LogP contribution is -2.15. The summed E-state index contributed by atoms with van der Waals surface area (Å²) < 4.78 is 21.5. The van der Waals surface area contributed by atoms with Gasteiger partial charge in [-0.2, -0.15) is 0 Å². The van der Waals surface area contributed by atoms with Crippen molar-refractivity contribution in [3.05, 3.63) is 12.4 Å². The molecule has 1 rings (SSSR count). The van der Waals surface area contributed by atoms with E-state index in [0.717, 1.165) is 0 Å². The third kappa shape index (κ3) is 4.04. The first-order chi connectivity index (χ1) is 6.47. The van der Waals surface area contributed by atoms with Crippen molar-refractivity contribution < 1.29 is 8.42 Å². The Kier molecular flexibility index (Phi) is 3.23. The molecule has 1 aromatic rings. The molecule has 3 N–H and O–H groups in total. The molecular formula is C7H12N4O2S. The van der Waals surface area contributed by atoms with Crippen LogP contribution in [-0.2, 0) is 9.84 Å². The van der Waals surface area contributed by atoms with E-state index in [-0.39, 0.29) is 5.75 Å². The molecule has 0 aliphatic carbocycles. The van der Waals surface area contributed by atoms with Gasteiger partial charge in [0.25, 0.3) is 0 Å². The number of aromatic nitrogens is 2. The first-order valence-electron chi connectivity index (χ1n) is 3.96. The zero-order valence-electron chi connectivity index (χ0n) is 7.77. The molecule has 1 heterocycles. The molecule has 0 saturated heterocycles. The standard InChI is InChI=1S/C7H12N4O2S/c1-14(12,13)3-2-9-7-10-4-6(8)5-11-7/h4-5H,2-3,8H2,1H3,(H,9,10,11). The molecule has 0 atom stereocenters. The normalized spacial score (nSPS) is 11.2. The molecule has 7 heteroatoms. The van der Waals surface area contributed by atoms with Crippen LogP contribution in [0.4, 0.5) is 11.6 Å². The minimum Gasteiger partial charge on any atom is -0.396 e. The molecule has 1 aromatic heterocycles. The average Bonchev–Trinajstić information content (AvgIpc) is 2.06. The van der Waals surface area contributed by atoms with Gasteiger partial charge in [0, 0.05) is 12.8 Å². The zero-order chi connectivity index (χ0) is 10.6. The van der Waals surface area contributed by atoms with Gasteiger partial charge in [0.05, 0.1) is 23.8 Å². The molecule has 0 saturated carbocycles. The Bertz CT molecular complexity index is 387. The summed E-state index contributed by atoms with van der Waals surface area (Å²) in [5.41, 5.74) is 5.85. The summed E-state index contributed by atoms with van der Waals surface area (Å²) in [5.74, 6) is 0.434. The van der Waals surface area contributed by atoms with Crippen molar-refractivity contribution in [3.63, 3.8) is 0 Å². The lowest BCUT2D eigenvalue weighted by atomic mass is 10.6. The van der Waals surface area contributed by atoms with Crippen molar-refractivity contribution in [1.82, 2.24) is 9.97 Å². The van der Waals surface area contributed by atoms with Crippen molar-refractivity contribution in [3.8, 4) is 0 Å². The van der Waals surface area contributed by atoms with Crippen molar-refractivity contribution in [1.29, 1.82) is 0 Å². The summed E-state index contributed by atoms with van der Waals surface area (Å²) in [6.07, 6.45) is 4.09. The highest BCUT2D eigenvalue weighted by Gasteiger charge is 2.01. The number of nitrogens with one attached hydrogen (secondary N) is 1. The summed E-state index contributed by atoms with van der Waals surface area (Å²) in [5, 5.41) is 2.77. The Morgan fingerprint density at radius 3 is 2.50 bits per heavy atom. The predicted octanol–water partition coefficient (Wildman–Crippen LogP) is -0.485. The van der Waals surface area contributed by atoms with Gasteiger partial charge in [0.15, 0.2) is 0 Å². The fraction of sp³-hybridized carbons (Fsp3) is 0.429. The molecule has 78 valence electrons. The van der Waals surface area contributed by atoms with E-state index in [1.54, 1.807) is 0 Å². The van der Waals surface area contributed by atoms with Crippen molar-refractivity contribution in [2.45, 2.75) is 0 Å². The van der Waals surface area contributed by atoms with E-state index in [9.17, 15) is 8.42 Å². The molecule has 0 fully saturated rings. The predicted molar refractivity (Wildman–Crippen MR) is 54.6 cm³/mol.